The number of rotatable bonds is 6. The Kier molecular flexibility index (Phi) is 5.62. The van der Waals surface area contributed by atoms with E-state index in [0.717, 1.165) is 10.6 Å². The number of aliphatic carboxylic acids is 1. The van der Waals surface area contributed by atoms with Gasteiger partial charge in [0.1, 0.15) is 12.4 Å². The first-order valence-electron chi connectivity index (χ1n) is 8.14. The topological polar surface area (TPSA) is 122 Å². The molecule has 0 amide bonds. The maximum atomic E-state index is 14.0. The van der Waals surface area contributed by atoms with Crippen LogP contribution in [0.4, 0.5) is 35.0 Å². The summed E-state index contributed by atoms with van der Waals surface area (Å²) < 4.78 is 53.0. The van der Waals surface area contributed by atoms with Crippen LogP contribution < -0.4 is 16.2 Å². The summed E-state index contributed by atoms with van der Waals surface area (Å²) >= 11 is 0. The average molecular weight is 424 g/mol. The van der Waals surface area contributed by atoms with Crippen LogP contribution in [0.3, 0.4) is 0 Å². The third-order valence-electron chi connectivity index (χ3n) is 3.70. The van der Waals surface area contributed by atoms with Crippen LogP contribution in [0.5, 0.6) is 0 Å². The molecule has 30 heavy (non-hydrogen) atoms. The number of alkyl halides is 3. The van der Waals surface area contributed by atoms with E-state index in [4.69, 9.17) is 5.11 Å². The van der Waals surface area contributed by atoms with Crippen molar-refractivity contribution in [2.45, 2.75) is 6.18 Å². The van der Waals surface area contributed by atoms with Crippen molar-refractivity contribution >= 4 is 23.4 Å². The third-order valence-corrected chi connectivity index (χ3v) is 3.70. The van der Waals surface area contributed by atoms with Crippen LogP contribution in [0.1, 0.15) is 5.56 Å². The highest BCUT2D eigenvalue weighted by Crippen LogP contribution is 2.31. The Bertz CT molecular complexity index is 1130. The summed E-state index contributed by atoms with van der Waals surface area (Å²) in [5.41, 5.74) is -2.08. The lowest BCUT2D eigenvalue weighted by Crippen LogP contribution is -2.22. The Hall–Kier alpha value is -4.03. The van der Waals surface area contributed by atoms with Crippen LogP contribution in [0, 0.1) is 5.82 Å². The molecule has 0 saturated heterocycles. The molecule has 0 bridgehead atoms. The number of nitrogens with one attached hydrogen (secondary N) is 2. The van der Waals surface area contributed by atoms with Gasteiger partial charge in [-0.05, 0) is 18.2 Å². The lowest BCUT2D eigenvalue weighted by Gasteiger charge is -2.11. The quantitative estimate of drug-likeness (QED) is 0.516. The second-order valence-corrected chi connectivity index (χ2v) is 5.78. The highest BCUT2D eigenvalue weighted by Gasteiger charge is 2.31. The molecule has 2 aromatic heterocycles. The minimum atomic E-state index is -4.71. The minimum absolute atomic E-state index is 0.0217. The van der Waals surface area contributed by atoms with Crippen molar-refractivity contribution in [3.8, 4) is 5.69 Å². The number of anilines is 3. The van der Waals surface area contributed by atoms with Gasteiger partial charge in [-0.25, -0.2) is 19.3 Å². The molecule has 9 nitrogen and oxygen atoms in total. The molecule has 0 radical (unpaired) electrons. The highest BCUT2D eigenvalue weighted by atomic mass is 19.4. The van der Waals surface area contributed by atoms with Gasteiger partial charge in [0.15, 0.2) is 5.82 Å². The number of carboxylic acids is 1. The molecule has 13 heteroatoms. The summed E-state index contributed by atoms with van der Waals surface area (Å²) in [5, 5.41) is 13.4. The molecule has 0 aliphatic heterocycles. The second-order valence-electron chi connectivity index (χ2n) is 5.78. The zero-order valence-corrected chi connectivity index (χ0v) is 14.8. The summed E-state index contributed by atoms with van der Waals surface area (Å²) in [5.74, 6) is -2.64. The lowest BCUT2D eigenvalue weighted by molar-refractivity contribution is -0.138. The number of carbonyl (C=O) groups is 1. The molecule has 3 rings (SSSR count). The minimum Gasteiger partial charge on any atom is -0.480 e. The van der Waals surface area contributed by atoms with E-state index in [1.54, 1.807) is 0 Å². The van der Waals surface area contributed by atoms with E-state index < -0.39 is 35.6 Å². The van der Waals surface area contributed by atoms with Crippen molar-refractivity contribution < 1.29 is 27.5 Å². The van der Waals surface area contributed by atoms with Crippen LogP contribution in [0.25, 0.3) is 5.69 Å². The highest BCUT2D eigenvalue weighted by molar-refractivity contribution is 5.71. The second kappa shape index (κ2) is 8.14. The fourth-order valence-electron chi connectivity index (χ4n) is 2.31. The maximum Gasteiger partial charge on any atom is 0.416 e. The number of benzene rings is 1. The Morgan fingerprint density at radius 2 is 1.87 bits per heavy atom. The summed E-state index contributed by atoms with van der Waals surface area (Å²) in [6.45, 7) is -0.401. The number of nitrogens with zero attached hydrogens (tertiary/aromatic N) is 4. The summed E-state index contributed by atoms with van der Waals surface area (Å²) in [6.07, 6.45) is 0.257. The Morgan fingerprint density at radius 3 is 2.47 bits per heavy atom. The molecular weight excluding hydrogens is 412 g/mol. The van der Waals surface area contributed by atoms with Gasteiger partial charge in [-0.3, -0.25) is 14.2 Å². The van der Waals surface area contributed by atoms with Gasteiger partial charge in [0.25, 0.3) is 5.56 Å². The number of carboxylic acid groups (broad SMARTS) is 1. The van der Waals surface area contributed by atoms with E-state index in [9.17, 15) is 27.2 Å². The van der Waals surface area contributed by atoms with Crippen LogP contribution in [0.2, 0.25) is 0 Å². The smallest absolute Gasteiger partial charge is 0.416 e. The lowest BCUT2D eigenvalue weighted by atomic mass is 10.2. The molecule has 1 aromatic carbocycles. The Labute approximate surface area is 165 Å². The molecular formula is C17H12F4N6O3. The van der Waals surface area contributed by atoms with Crippen molar-refractivity contribution in [3.05, 3.63) is 64.7 Å². The number of hydrogen-bond acceptors (Lipinski definition) is 7. The van der Waals surface area contributed by atoms with Crippen molar-refractivity contribution in [2.75, 3.05) is 17.2 Å². The van der Waals surface area contributed by atoms with Crippen LogP contribution in [-0.2, 0) is 11.0 Å². The van der Waals surface area contributed by atoms with E-state index in [0.29, 0.717) is 12.1 Å². The van der Waals surface area contributed by atoms with Gasteiger partial charge in [0.05, 0.1) is 29.3 Å². The van der Waals surface area contributed by atoms with Gasteiger partial charge in [0.2, 0.25) is 5.95 Å². The standard InChI is InChI=1S/C17H12F4N6O3/c18-11-5-9(17(19,20)21)1-2-12(11)26-14-15(30)27(4-3-22-14)10-6-23-16(24-7-10)25-8-13(28)29/h1-7H,8H2,(H,22,26)(H,28,29)(H,23,24,25). The number of hydrogen-bond donors (Lipinski definition) is 3. The SMILES string of the molecule is O=C(O)CNc1ncc(-n2ccnc(Nc3ccc(C(F)(F)F)cc3F)c2=O)cn1. The van der Waals surface area contributed by atoms with E-state index >= 15 is 0 Å². The number of halogens is 4. The first-order valence-corrected chi connectivity index (χ1v) is 8.14. The van der Waals surface area contributed by atoms with Gasteiger partial charge < -0.3 is 15.7 Å². The Morgan fingerprint density at radius 1 is 1.17 bits per heavy atom. The van der Waals surface area contributed by atoms with Crippen molar-refractivity contribution in [2.24, 2.45) is 0 Å². The fourth-order valence-corrected chi connectivity index (χ4v) is 2.31. The van der Waals surface area contributed by atoms with Crippen molar-refractivity contribution in [3.63, 3.8) is 0 Å². The van der Waals surface area contributed by atoms with E-state index in [1.165, 1.54) is 24.8 Å². The summed E-state index contributed by atoms with van der Waals surface area (Å²) in [6, 6.07) is 1.83. The fraction of sp³-hybridized carbons (Fsp3) is 0.118. The molecule has 3 N–H and O–H groups in total. The van der Waals surface area contributed by atoms with Gasteiger partial charge in [-0.1, -0.05) is 0 Å². The molecule has 3 aromatic rings. The normalized spacial score (nSPS) is 11.2. The van der Waals surface area contributed by atoms with Gasteiger partial charge in [-0.15, -0.1) is 0 Å². The molecule has 0 unspecified atom stereocenters. The van der Waals surface area contributed by atoms with Crippen molar-refractivity contribution in [1.29, 1.82) is 0 Å². The summed E-state index contributed by atoms with van der Waals surface area (Å²) in [7, 11) is 0. The van der Waals surface area contributed by atoms with Crippen molar-refractivity contribution in [1.82, 2.24) is 19.5 Å². The van der Waals surface area contributed by atoms with Crippen LogP contribution in [-0.4, -0.2) is 37.1 Å². The largest absolute Gasteiger partial charge is 0.480 e. The molecule has 0 fully saturated rings. The monoisotopic (exact) mass is 424 g/mol. The third kappa shape index (κ3) is 4.68. The summed E-state index contributed by atoms with van der Waals surface area (Å²) in [4.78, 5) is 34.7. The predicted molar refractivity (Wildman–Crippen MR) is 96.2 cm³/mol. The number of aromatic nitrogens is 4. The molecule has 2 heterocycles. The molecule has 0 atom stereocenters. The Balaban J connectivity index is 1.85. The van der Waals surface area contributed by atoms with Crippen LogP contribution in [0.15, 0.2) is 47.8 Å². The predicted octanol–water partition coefficient (Wildman–Crippen LogP) is 2.42. The molecule has 156 valence electrons. The van der Waals surface area contributed by atoms with Gasteiger partial charge in [-0.2, -0.15) is 13.2 Å². The van der Waals surface area contributed by atoms with E-state index in [1.807, 2.05) is 0 Å². The zero-order chi connectivity index (χ0) is 21.9. The first kappa shape index (κ1) is 20.7. The molecule has 0 spiro atoms. The molecule has 0 aliphatic carbocycles. The van der Waals surface area contributed by atoms with Gasteiger partial charge >= 0.3 is 12.1 Å². The molecule has 0 saturated carbocycles. The van der Waals surface area contributed by atoms with E-state index in [-0.39, 0.29) is 23.1 Å². The molecule has 0 aliphatic rings. The maximum absolute atomic E-state index is 14.0. The first-order chi connectivity index (χ1) is 14.1. The zero-order valence-electron chi connectivity index (χ0n) is 14.8. The van der Waals surface area contributed by atoms with E-state index in [2.05, 4.69) is 25.6 Å². The average Bonchev–Trinajstić information content (AvgIpc) is 2.69. The van der Waals surface area contributed by atoms with Gasteiger partial charge in [0, 0.05) is 12.4 Å². The van der Waals surface area contributed by atoms with Crippen LogP contribution >= 0.6 is 0 Å².